The lowest BCUT2D eigenvalue weighted by Gasteiger charge is -2.30. The molecule has 0 spiro atoms. The van der Waals surface area contributed by atoms with Gasteiger partial charge in [0.1, 0.15) is 5.75 Å². The van der Waals surface area contributed by atoms with Gasteiger partial charge >= 0.3 is 6.03 Å². The summed E-state index contributed by atoms with van der Waals surface area (Å²) in [5.74, 6) is 0.627. The number of urea groups is 1. The zero-order valence-electron chi connectivity index (χ0n) is 17.7. The Morgan fingerprint density at radius 1 is 1.13 bits per heavy atom. The zero-order chi connectivity index (χ0) is 22.3. The van der Waals surface area contributed by atoms with Crippen LogP contribution in [0.4, 0.5) is 21.9 Å². The minimum Gasteiger partial charge on any atom is -0.497 e. The van der Waals surface area contributed by atoms with Crippen molar-refractivity contribution in [3.8, 4) is 5.75 Å². The maximum absolute atomic E-state index is 12.9. The molecule has 0 atom stereocenters. The van der Waals surface area contributed by atoms with Crippen molar-refractivity contribution in [1.82, 2.24) is 5.32 Å². The molecule has 0 unspecified atom stereocenters. The average Bonchev–Trinajstić information content (AvgIpc) is 2.78. The standard InChI is InChI=1S/C21H28N4O5S/c1-3-10-22-21(26)23-19-15-18(8-9-20(19)25-11-13-30-14-12-25)31(27,28)24-16-4-6-17(29-2)7-5-16/h4-9,15,24H,3,10-14H2,1-2H3,(H2,22,23,26). The number of rotatable bonds is 8. The predicted molar refractivity (Wildman–Crippen MR) is 121 cm³/mol. The van der Waals surface area contributed by atoms with Crippen LogP contribution in [0.1, 0.15) is 13.3 Å². The van der Waals surface area contributed by atoms with Gasteiger partial charge in [-0.15, -0.1) is 0 Å². The van der Waals surface area contributed by atoms with Gasteiger partial charge in [0.25, 0.3) is 10.0 Å². The van der Waals surface area contributed by atoms with Crippen molar-refractivity contribution < 1.29 is 22.7 Å². The summed E-state index contributed by atoms with van der Waals surface area (Å²) in [7, 11) is -2.32. The molecular formula is C21H28N4O5S. The smallest absolute Gasteiger partial charge is 0.319 e. The molecule has 0 aromatic heterocycles. The summed E-state index contributed by atoms with van der Waals surface area (Å²) in [5.41, 5.74) is 1.58. The van der Waals surface area contributed by atoms with E-state index in [1.165, 1.54) is 12.1 Å². The molecule has 3 rings (SSSR count). The number of sulfonamides is 1. The second-order valence-corrected chi connectivity index (χ2v) is 8.68. The molecule has 0 bridgehead atoms. The Morgan fingerprint density at radius 2 is 1.84 bits per heavy atom. The molecule has 1 aliphatic heterocycles. The third kappa shape index (κ3) is 6.02. The van der Waals surface area contributed by atoms with Crippen LogP contribution in [-0.2, 0) is 14.8 Å². The van der Waals surface area contributed by atoms with Crippen LogP contribution in [0.2, 0.25) is 0 Å². The lowest BCUT2D eigenvalue weighted by molar-refractivity contribution is 0.123. The van der Waals surface area contributed by atoms with Crippen LogP contribution in [0, 0.1) is 0 Å². The van der Waals surface area contributed by atoms with Crippen molar-refractivity contribution in [1.29, 1.82) is 0 Å². The second kappa shape index (κ2) is 10.4. The van der Waals surface area contributed by atoms with E-state index >= 15 is 0 Å². The normalized spacial score (nSPS) is 14.1. The van der Waals surface area contributed by atoms with Crippen molar-refractivity contribution >= 4 is 33.1 Å². The maximum Gasteiger partial charge on any atom is 0.319 e. The van der Waals surface area contributed by atoms with Gasteiger partial charge in [-0.25, -0.2) is 13.2 Å². The van der Waals surface area contributed by atoms with Crippen molar-refractivity contribution in [3.63, 3.8) is 0 Å². The Morgan fingerprint density at radius 3 is 2.48 bits per heavy atom. The largest absolute Gasteiger partial charge is 0.497 e. The van der Waals surface area contributed by atoms with Crippen LogP contribution in [0.15, 0.2) is 47.4 Å². The first-order chi connectivity index (χ1) is 14.9. The van der Waals surface area contributed by atoms with E-state index in [9.17, 15) is 13.2 Å². The zero-order valence-corrected chi connectivity index (χ0v) is 18.5. The van der Waals surface area contributed by atoms with E-state index in [1.807, 2.05) is 6.92 Å². The first kappa shape index (κ1) is 22.7. The molecule has 0 aliphatic carbocycles. The summed E-state index contributed by atoms with van der Waals surface area (Å²) in [4.78, 5) is 14.4. The molecule has 2 aromatic rings. The highest BCUT2D eigenvalue weighted by Gasteiger charge is 2.21. The molecule has 10 heteroatoms. The van der Waals surface area contributed by atoms with E-state index < -0.39 is 10.0 Å². The van der Waals surface area contributed by atoms with Crippen molar-refractivity contribution in [2.75, 3.05) is 54.9 Å². The van der Waals surface area contributed by atoms with Crippen LogP contribution >= 0.6 is 0 Å². The highest BCUT2D eigenvalue weighted by Crippen LogP contribution is 2.30. The van der Waals surface area contributed by atoms with Crippen molar-refractivity contribution in [2.24, 2.45) is 0 Å². The number of methoxy groups -OCH3 is 1. The van der Waals surface area contributed by atoms with Crippen LogP contribution in [0.25, 0.3) is 0 Å². The summed E-state index contributed by atoms with van der Waals surface area (Å²) in [6.07, 6.45) is 0.796. The minimum absolute atomic E-state index is 0.0473. The Bertz CT molecular complexity index is 989. The minimum atomic E-state index is -3.86. The number of nitrogens with one attached hydrogen (secondary N) is 3. The van der Waals surface area contributed by atoms with Gasteiger partial charge in [0.15, 0.2) is 0 Å². The number of nitrogens with zero attached hydrogens (tertiary/aromatic N) is 1. The predicted octanol–water partition coefficient (Wildman–Crippen LogP) is 2.86. The molecule has 1 saturated heterocycles. The molecule has 168 valence electrons. The van der Waals surface area contributed by atoms with Crippen LogP contribution in [0.5, 0.6) is 5.75 Å². The summed E-state index contributed by atoms with van der Waals surface area (Å²) in [6, 6.07) is 10.9. The second-order valence-electron chi connectivity index (χ2n) is 6.99. The van der Waals surface area contributed by atoms with E-state index in [0.29, 0.717) is 50.0 Å². The van der Waals surface area contributed by atoms with Gasteiger partial charge in [-0.3, -0.25) is 4.72 Å². The first-order valence-corrected chi connectivity index (χ1v) is 11.6. The number of hydrogen-bond acceptors (Lipinski definition) is 6. The Kier molecular flexibility index (Phi) is 7.59. The molecule has 3 N–H and O–H groups in total. The lowest BCUT2D eigenvalue weighted by Crippen LogP contribution is -2.37. The highest BCUT2D eigenvalue weighted by atomic mass is 32.2. The number of hydrogen-bond donors (Lipinski definition) is 3. The fourth-order valence-electron chi connectivity index (χ4n) is 3.14. The average molecular weight is 449 g/mol. The third-order valence-corrected chi connectivity index (χ3v) is 6.14. The lowest BCUT2D eigenvalue weighted by atomic mass is 10.2. The highest BCUT2D eigenvalue weighted by molar-refractivity contribution is 7.92. The van der Waals surface area contributed by atoms with Crippen LogP contribution < -0.4 is 25.0 Å². The number of carbonyl (C=O) groups is 1. The quantitative estimate of drug-likeness (QED) is 0.573. The third-order valence-electron chi connectivity index (χ3n) is 4.76. The van der Waals surface area contributed by atoms with Gasteiger partial charge in [0, 0.05) is 25.3 Å². The summed E-state index contributed by atoms with van der Waals surface area (Å²) >= 11 is 0. The number of morpholine rings is 1. The SMILES string of the molecule is CCCNC(=O)Nc1cc(S(=O)(=O)Nc2ccc(OC)cc2)ccc1N1CCOCC1. The molecule has 2 aromatic carbocycles. The van der Waals surface area contributed by atoms with Gasteiger partial charge in [-0.05, 0) is 48.9 Å². The first-order valence-electron chi connectivity index (χ1n) is 10.1. The number of amides is 2. The molecule has 31 heavy (non-hydrogen) atoms. The summed E-state index contributed by atoms with van der Waals surface area (Å²) in [5, 5.41) is 5.54. The van der Waals surface area contributed by atoms with Crippen molar-refractivity contribution in [3.05, 3.63) is 42.5 Å². The fourth-order valence-corrected chi connectivity index (χ4v) is 4.23. The summed E-state index contributed by atoms with van der Waals surface area (Å²) < 4.78 is 39.0. The molecule has 1 heterocycles. The van der Waals surface area contributed by atoms with Gasteiger partial charge in [-0.2, -0.15) is 0 Å². The van der Waals surface area contributed by atoms with Crippen LogP contribution in [-0.4, -0.2) is 54.4 Å². The monoisotopic (exact) mass is 448 g/mol. The topological polar surface area (TPSA) is 109 Å². The molecule has 0 radical (unpaired) electrons. The van der Waals surface area contributed by atoms with Crippen LogP contribution in [0.3, 0.4) is 0 Å². The molecule has 1 aliphatic rings. The number of carbonyl (C=O) groups excluding carboxylic acids is 1. The molecular weight excluding hydrogens is 420 g/mol. The van der Waals surface area contributed by atoms with Gasteiger partial charge in [-0.1, -0.05) is 6.92 Å². The number of benzene rings is 2. The molecule has 1 fully saturated rings. The van der Waals surface area contributed by atoms with Gasteiger partial charge < -0.3 is 25.0 Å². The fraction of sp³-hybridized carbons (Fsp3) is 0.381. The van der Waals surface area contributed by atoms with Gasteiger partial charge in [0.05, 0.1) is 36.6 Å². The van der Waals surface area contributed by atoms with E-state index in [0.717, 1.165) is 12.1 Å². The van der Waals surface area contributed by atoms with E-state index in [4.69, 9.17) is 9.47 Å². The molecule has 9 nitrogen and oxygen atoms in total. The Balaban J connectivity index is 1.88. The van der Waals surface area contributed by atoms with E-state index in [1.54, 1.807) is 37.4 Å². The number of ether oxygens (including phenoxy) is 2. The van der Waals surface area contributed by atoms with E-state index in [2.05, 4.69) is 20.3 Å². The summed E-state index contributed by atoms with van der Waals surface area (Å²) in [6.45, 7) is 4.93. The van der Waals surface area contributed by atoms with Crippen molar-refractivity contribution in [2.45, 2.75) is 18.2 Å². The van der Waals surface area contributed by atoms with E-state index in [-0.39, 0.29) is 10.9 Å². The Hall–Kier alpha value is -2.98. The van der Waals surface area contributed by atoms with Gasteiger partial charge in [0.2, 0.25) is 0 Å². The Labute approximate surface area is 182 Å². The number of anilines is 3. The maximum atomic E-state index is 12.9. The molecule has 2 amide bonds. The molecule has 0 saturated carbocycles.